The van der Waals surface area contributed by atoms with Gasteiger partial charge in [-0.1, -0.05) is 12.1 Å². The SMILES string of the molecule is Oc1c(Br)cccc1C1CCCNC1. The van der Waals surface area contributed by atoms with Crippen LogP contribution in [-0.4, -0.2) is 18.2 Å². The molecule has 1 aromatic carbocycles. The van der Waals surface area contributed by atoms with Crippen LogP contribution in [0, 0.1) is 0 Å². The van der Waals surface area contributed by atoms with Gasteiger partial charge in [-0.25, -0.2) is 0 Å². The molecule has 1 unspecified atom stereocenters. The second kappa shape index (κ2) is 4.32. The first-order valence-electron chi connectivity index (χ1n) is 4.97. The van der Waals surface area contributed by atoms with Crippen molar-refractivity contribution in [3.8, 4) is 5.75 Å². The molecular formula is C11H14BrNO. The summed E-state index contributed by atoms with van der Waals surface area (Å²) in [6, 6.07) is 5.86. The Morgan fingerprint density at radius 2 is 2.29 bits per heavy atom. The van der Waals surface area contributed by atoms with Gasteiger partial charge in [-0.3, -0.25) is 0 Å². The van der Waals surface area contributed by atoms with Gasteiger partial charge in [-0.05, 0) is 46.9 Å². The summed E-state index contributed by atoms with van der Waals surface area (Å²) in [5.41, 5.74) is 1.06. The Kier molecular flexibility index (Phi) is 3.08. The third kappa shape index (κ3) is 1.93. The number of aromatic hydroxyl groups is 1. The normalized spacial score (nSPS) is 22.2. The van der Waals surface area contributed by atoms with E-state index in [1.165, 1.54) is 6.42 Å². The minimum absolute atomic E-state index is 0.404. The Balaban J connectivity index is 2.26. The summed E-state index contributed by atoms with van der Waals surface area (Å²) in [4.78, 5) is 0. The maximum atomic E-state index is 9.88. The van der Waals surface area contributed by atoms with E-state index in [9.17, 15) is 5.11 Å². The van der Waals surface area contributed by atoms with Crippen molar-refractivity contribution >= 4 is 15.9 Å². The Bertz CT molecular complexity index is 321. The number of benzene rings is 1. The molecule has 1 fully saturated rings. The van der Waals surface area contributed by atoms with Crippen LogP contribution in [-0.2, 0) is 0 Å². The fourth-order valence-corrected chi connectivity index (χ4v) is 2.36. The monoisotopic (exact) mass is 255 g/mol. The summed E-state index contributed by atoms with van der Waals surface area (Å²) in [7, 11) is 0. The van der Waals surface area contributed by atoms with Gasteiger partial charge in [0.1, 0.15) is 5.75 Å². The molecule has 0 amide bonds. The Labute approximate surface area is 92.5 Å². The van der Waals surface area contributed by atoms with Crippen molar-refractivity contribution in [2.45, 2.75) is 18.8 Å². The van der Waals surface area contributed by atoms with Gasteiger partial charge in [0.25, 0.3) is 0 Å². The van der Waals surface area contributed by atoms with Gasteiger partial charge in [0.05, 0.1) is 4.47 Å². The van der Waals surface area contributed by atoms with E-state index in [1.807, 2.05) is 18.2 Å². The van der Waals surface area contributed by atoms with Gasteiger partial charge in [-0.15, -0.1) is 0 Å². The third-order valence-electron chi connectivity index (χ3n) is 2.75. The van der Waals surface area contributed by atoms with E-state index in [0.29, 0.717) is 11.7 Å². The van der Waals surface area contributed by atoms with E-state index in [-0.39, 0.29) is 0 Å². The number of nitrogens with one attached hydrogen (secondary N) is 1. The number of halogens is 1. The van der Waals surface area contributed by atoms with E-state index in [1.54, 1.807) is 0 Å². The average molecular weight is 256 g/mol. The molecule has 1 aliphatic heterocycles. The first kappa shape index (κ1) is 9.99. The van der Waals surface area contributed by atoms with Crippen molar-refractivity contribution in [1.29, 1.82) is 0 Å². The molecule has 0 spiro atoms. The summed E-state index contributed by atoms with van der Waals surface area (Å²) in [5, 5.41) is 13.2. The number of piperidine rings is 1. The molecule has 1 heterocycles. The molecule has 0 saturated carbocycles. The van der Waals surface area contributed by atoms with Crippen LogP contribution in [0.3, 0.4) is 0 Å². The average Bonchev–Trinajstić information content (AvgIpc) is 2.23. The van der Waals surface area contributed by atoms with Crippen LogP contribution in [0.5, 0.6) is 5.75 Å². The number of rotatable bonds is 1. The van der Waals surface area contributed by atoms with Gasteiger partial charge in [0.2, 0.25) is 0 Å². The topological polar surface area (TPSA) is 32.3 Å². The summed E-state index contributed by atoms with van der Waals surface area (Å²) in [6.07, 6.45) is 2.35. The van der Waals surface area contributed by atoms with E-state index < -0.39 is 0 Å². The summed E-state index contributed by atoms with van der Waals surface area (Å²) in [6.45, 7) is 2.08. The molecule has 76 valence electrons. The van der Waals surface area contributed by atoms with Crippen LogP contribution in [0.1, 0.15) is 24.3 Å². The van der Waals surface area contributed by atoms with Gasteiger partial charge < -0.3 is 10.4 Å². The zero-order valence-electron chi connectivity index (χ0n) is 7.96. The lowest BCUT2D eigenvalue weighted by molar-refractivity contribution is 0.424. The Morgan fingerprint density at radius 1 is 1.43 bits per heavy atom. The zero-order valence-corrected chi connectivity index (χ0v) is 9.55. The fourth-order valence-electron chi connectivity index (χ4n) is 1.98. The Morgan fingerprint density at radius 3 is 3.00 bits per heavy atom. The quantitative estimate of drug-likeness (QED) is 0.809. The fraction of sp³-hybridized carbons (Fsp3) is 0.455. The number of phenols is 1. The lowest BCUT2D eigenvalue weighted by Crippen LogP contribution is -2.28. The first-order valence-corrected chi connectivity index (χ1v) is 5.76. The molecule has 2 nitrogen and oxygen atoms in total. The molecule has 0 bridgehead atoms. The molecule has 0 radical (unpaired) electrons. The molecular weight excluding hydrogens is 242 g/mol. The molecule has 2 N–H and O–H groups in total. The predicted molar refractivity (Wildman–Crippen MR) is 60.7 cm³/mol. The van der Waals surface area contributed by atoms with E-state index in [0.717, 1.165) is 29.5 Å². The molecule has 1 aromatic rings. The van der Waals surface area contributed by atoms with Crippen molar-refractivity contribution in [2.24, 2.45) is 0 Å². The summed E-state index contributed by atoms with van der Waals surface area (Å²) in [5.74, 6) is 0.863. The molecule has 1 atom stereocenters. The molecule has 3 heteroatoms. The second-order valence-electron chi connectivity index (χ2n) is 3.72. The van der Waals surface area contributed by atoms with Crippen molar-refractivity contribution in [1.82, 2.24) is 5.32 Å². The van der Waals surface area contributed by atoms with Crippen LogP contribution in [0.4, 0.5) is 0 Å². The van der Waals surface area contributed by atoms with Crippen molar-refractivity contribution < 1.29 is 5.11 Å². The molecule has 1 aliphatic rings. The second-order valence-corrected chi connectivity index (χ2v) is 4.58. The molecule has 0 aliphatic carbocycles. The highest BCUT2D eigenvalue weighted by molar-refractivity contribution is 9.10. The van der Waals surface area contributed by atoms with Gasteiger partial charge in [-0.2, -0.15) is 0 Å². The molecule has 0 aromatic heterocycles. The Hall–Kier alpha value is -0.540. The molecule has 2 rings (SSSR count). The van der Waals surface area contributed by atoms with Crippen LogP contribution < -0.4 is 5.32 Å². The van der Waals surface area contributed by atoms with Crippen LogP contribution in [0.15, 0.2) is 22.7 Å². The third-order valence-corrected chi connectivity index (χ3v) is 3.39. The lowest BCUT2D eigenvalue weighted by Gasteiger charge is -2.24. The number of para-hydroxylation sites is 1. The van der Waals surface area contributed by atoms with E-state index in [2.05, 4.69) is 21.2 Å². The number of hydrogen-bond donors (Lipinski definition) is 2. The van der Waals surface area contributed by atoms with E-state index in [4.69, 9.17) is 0 Å². The minimum atomic E-state index is 0.404. The first-order chi connectivity index (χ1) is 6.79. The summed E-state index contributed by atoms with van der Waals surface area (Å²) >= 11 is 3.34. The maximum absolute atomic E-state index is 9.88. The van der Waals surface area contributed by atoms with Crippen molar-refractivity contribution in [3.05, 3.63) is 28.2 Å². The van der Waals surface area contributed by atoms with Gasteiger partial charge in [0, 0.05) is 12.5 Å². The molecule has 14 heavy (non-hydrogen) atoms. The highest BCUT2D eigenvalue weighted by Gasteiger charge is 2.18. The zero-order chi connectivity index (χ0) is 9.97. The predicted octanol–water partition coefficient (Wildman–Crippen LogP) is 2.62. The van der Waals surface area contributed by atoms with Crippen LogP contribution in [0.2, 0.25) is 0 Å². The van der Waals surface area contributed by atoms with Crippen LogP contribution in [0.25, 0.3) is 0 Å². The lowest BCUT2D eigenvalue weighted by atomic mass is 9.91. The van der Waals surface area contributed by atoms with Crippen molar-refractivity contribution in [3.63, 3.8) is 0 Å². The molecule has 1 saturated heterocycles. The summed E-state index contributed by atoms with van der Waals surface area (Å²) < 4.78 is 0.792. The minimum Gasteiger partial charge on any atom is -0.506 e. The highest BCUT2D eigenvalue weighted by atomic mass is 79.9. The maximum Gasteiger partial charge on any atom is 0.133 e. The largest absolute Gasteiger partial charge is 0.506 e. The van der Waals surface area contributed by atoms with Crippen molar-refractivity contribution in [2.75, 3.05) is 13.1 Å². The standard InChI is InChI=1S/C11H14BrNO/c12-10-5-1-4-9(11(10)14)8-3-2-6-13-7-8/h1,4-5,8,13-14H,2-3,6-7H2. The van der Waals surface area contributed by atoms with Gasteiger partial charge in [0.15, 0.2) is 0 Å². The number of hydrogen-bond acceptors (Lipinski definition) is 2. The number of phenolic OH excluding ortho intramolecular Hbond substituents is 1. The van der Waals surface area contributed by atoms with E-state index >= 15 is 0 Å². The highest BCUT2D eigenvalue weighted by Crippen LogP contribution is 2.35. The van der Waals surface area contributed by atoms with Gasteiger partial charge >= 0.3 is 0 Å². The smallest absolute Gasteiger partial charge is 0.133 e. The van der Waals surface area contributed by atoms with Crippen LogP contribution >= 0.6 is 15.9 Å².